The molecular formula is C19H21N3O3. The van der Waals surface area contributed by atoms with E-state index in [0.29, 0.717) is 17.9 Å². The largest absolute Gasteiger partial charge is 0.497 e. The van der Waals surface area contributed by atoms with Crippen molar-refractivity contribution in [2.75, 3.05) is 20.8 Å². The van der Waals surface area contributed by atoms with Crippen LogP contribution in [0.1, 0.15) is 23.7 Å². The first-order valence-corrected chi connectivity index (χ1v) is 8.15. The Hall–Kier alpha value is -3.02. The number of aromatic nitrogens is 2. The molecule has 1 heterocycles. The maximum atomic E-state index is 12.1. The van der Waals surface area contributed by atoms with Gasteiger partial charge >= 0.3 is 0 Å². The fourth-order valence-electron chi connectivity index (χ4n) is 2.67. The molecule has 1 aromatic heterocycles. The molecule has 6 heteroatoms. The number of amides is 1. The fraction of sp³-hybridized carbons (Fsp3) is 0.263. The minimum atomic E-state index is -0.0859. The van der Waals surface area contributed by atoms with E-state index < -0.39 is 0 Å². The van der Waals surface area contributed by atoms with Gasteiger partial charge in [0, 0.05) is 18.2 Å². The van der Waals surface area contributed by atoms with Crippen molar-refractivity contribution >= 4 is 16.9 Å². The van der Waals surface area contributed by atoms with Crippen molar-refractivity contribution < 1.29 is 14.3 Å². The molecule has 0 aliphatic heterocycles. The summed E-state index contributed by atoms with van der Waals surface area (Å²) in [5, 5.41) is 2.88. The zero-order valence-corrected chi connectivity index (χ0v) is 14.6. The van der Waals surface area contributed by atoms with Crippen LogP contribution in [0.4, 0.5) is 0 Å². The molecule has 0 saturated carbocycles. The standard InChI is InChI=1S/C19H21N3O3/c1-4-9-20-19(23)13-5-7-16-15(10-13)21-12-22(16)17-11-14(24-2)6-8-18(17)25-3/h5-8,10-12H,4,9H2,1-3H3,(H,20,23). The predicted molar refractivity (Wildman–Crippen MR) is 96.8 cm³/mol. The Labute approximate surface area is 146 Å². The summed E-state index contributed by atoms with van der Waals surface area (Å²) in [4.78, 5) is 16.6. The summed E-state index contributed by atoms with van der Waals surface area (Å²) in [5.41, 5.74) is 3.06. The van der Waals surface area contributed by atoms with Crippen molar-refractivity contribution in [3.05, 3.63) is 48.3 Å². The molecule has 0 atom stereocenters. The Kier molecular flexibility index (Phi) is 4.88. The molecule has 1 amide bonds. The van der Waals surface area contributed by atoms with Gasteiger partial charge in [0.2, 0.25) is 0 Å². The van der Waals surface area contributed by atoms with Crippen LogP contribution < -0.4 is 14.8 Å². The van der Waals surface area contributed by atoms with Crippen LogP contribution in [0.25, 0.3) is 16.7 Å². The van der Waals surface area contributed by atoms with Crippen LogP contribution >= 0.6 is 0 Å². The minimum Gasteiger partial charge on any atom is -0.497 e. The van der Waals surface area contributed by atoms with Gasteiger partial charge in [0.1, 0.15) is 17.8 Å². The molecule has 6 nitrogen and oxygen atoms in total. The van der Waals surface area contributed by atoms with Gasteiger partial charge in [-0.3, -0.25) is 9.36 Å². The molecule has 3 aromatic rings. The molecular weight excluding hydrogens is 318 g/mol. The molecule has 0 saturated heterocycles. The van der Waals surface area contributed by atoms with Crippen molar-refractivity contribution in [3.63, 3.8) is 0 Å². The first kappa shape index (κ1) is 16.8. The third-order valence-electron chi connectivity index (χ3n) is 3.99. The highest BCUT2D eigenvalue weighted by molar-refractivity contribution is 5.97. The fourth-order valence-corrected chi connectivity index (χ4v) is 2.67. The maximum absolute atomic E-state index is 12.1. The Morgan fingerprint density at radius 2 is 2.00 bits per heavy atom. The quantitative estimate of drug-likeness (QED) is 0.749. The van der Waals surface area contributed by atoms with E-state index >= 15 is 0 Å². The number of carbonyl (C=O) groups is 1. The molecule has 0 fully saturated rings. The predicted octanol–water partition coefficient (Wildman–Crippen LogP) is 3.18. The van der Waals surface area contributed by atoms with Gasteiger partial charge in [-0.15, -0.1) is 0 Å². The molecule has 0 bridgehead atoms. The zero-order chi connectivity index (χ0) is 17.8. The van der Waals surface area contributed by atoms with E-state index in [4.69, 9.17) is 9.47 Å². The molecule has 0 spiro atoms. The van der Waals surface area contributed by atoms with Crippen LogP contribution in [-0.4, -0.2) is 36.2 Å². The third kappa shape index (κ3) is 3.28. The zero-order valence-electron chi connectivity index (χ0n) is 14.6. The summed E-state index contributed by atoms with van der Waals surface area (Å²) >= 11 is 0. The minimum absolute atomic E-state index is 0.0859. The maximum Gasteiger partial charge on any atom is 0.251 e. The lowest BCUT2D eigenvalue weighted by atomic mass is 10.1. The van der Waals surface area contributed by atoms with Gasteiger partial charge in [0.25, 0.3) is 5.91 Å². The Bertz CT molecular complexity index is 902. The summed E-state index contributed by atoms with van der Waals surface area (Å²) in [7, 11) is 3.25. The van der Waals surface area contributed by atoms with Crippen LogP contribution in [0, 0.1) is 0 Å². The number of nitrogens with zero attached hydrogens (tertiary/aromatic N) is 2. The second-order valence-electron chi connectivity index (χ2n) is 5.61. The van der Waals surface area contributed by atoms with Gasteiger partial charge in [-0.2, -0.15) is 0 Å². The van der Waals surface area contributed by atoms with Gasteiger partial charge in [-0.25, -0.2) is 4.98 Å². The summed E-state index contributed by atoms with van der Waals surface area (Å²) in [6, 6.07) is 11.1. The summed E-state index contributed by atoms with van der Waals surface area (Å²) in [5.74, 6) is 1.36. The lowest BCUT2D eigenvalue weighted by molar-refractivity contribution is 0.0954. The second kappa shape index (κ2) is 7.25. The average molecular weight is 339 g/mol. The molecule has 25 heavy (non-hydrogen) atoms. The van der Waals surface area contributed by atoms with Gasteiger partial charge in [-0.05, 0) is 36.8 Å². The van der Waals surface area contributed by atoms with Gasteiger partial charge in [0.15, 0.2) is 0 Å². The van der Waals surface area contributed by atoms with E-state index in [2.05, 4.69) is 10.3 Å². The topological polar surface area (TPSA) is 65.4 Å². The van der Waals surface area contributed by atoms with Crippen molar-refractivity contribution in [1.29, 1.82) is 0 Å². The highest BCUT2D eigenvalue weighted by Gasteiger charge is 2.13. The molecule has 1 N–H and O–H groups in total. The van der Waals surface area contributed by atoms with Crippen LogP contribution in [0.5, 0.6) is 11.5 Å². The van der Waals surface area contributed by atoms with Crippen LogP contribution in [-0.2, 0) is 0 Å². The van der Waals surface area contributed by atoms with Crippen molar-refractivity contribution in [2.45, 2.75) is 13.3 Å². The van der Waals surface area contributed by atoms with Crippen LogP contribution in [0.3, 0.4) is 0 Å². The summed E-state index contributed by atoms with van der Waals surface area (Å²) < 4.78 is 12.7. The number of nitrogens with one attached hydrogen (secondary N) is 1. The summed E-state index contributed by atoms with van der Waals surface area (Å²) in [6.07, 6.45) is 2.62. The Morgan fingerprint density at radius 1 is 1.16 bits per heavy atom. The SMILES string of the molecule is CCCNC(=O)c1ccc2c(c1)ncn2-c1cc(OC)ccc1OC. The van der Waals surface area contributed by atoms with E-state index in [1.54, 1.807) is 32.7 Å². The van der Waals surface area contributed by atoms with Gasteiger partial charge in [0.05, 0.1) is 30.9 Å². The smallest absolute Gasteiger partial charge is 0.251 e. The second-order valence-corrected chi connectivity index (χ2v) is 5.61. The van der Waals surface area contributed by atoms with E-state index in [1.165, 1.54) is 0 Å². The normalized spacial score (nSPS) is 10.7. The molecule has 0 aliphatic carbocycles. The van der Waals surface area contributed by atoms with Crippen molar-refractivity contribution in [3.8, 4) is 17.2 Å². The van der Waals surface area contributed by atoms with Gasteiger partial charge < -0.3 is 14.8 Å². The van der Waals surface area contributed by atoms with Crippen LogP contribution in [0.15, 0.2) is 42.7 Å². The third-order valence-corrected chi connectivity index (χ3v) is 3.99. The highest BCUT2D eigenvalue weighted by atomic mass is 16.5. The van der Waals surface area contributed by atoms with Crippen molar-refractivity contribution in [1.82, 2.24) is 14.9 Å². The number of imidazole rings is 1. The van der Waals surface area contributed by atoms with E-state index in [9.17, 15) is 4.79 Å². The number of ether oxygens (including phenoxy) is 2. The van der Waals surface area contributed by atoms with E-state index in [0.717, 1.165) is 28.9 Å². The average Bonchev–Trinajstić information content (AvgIpc) is 3.08. The van der Waals surface area contributed by atoms with Crippen LogP contribution in [0.2, 0.25) is 0 Å². The summed E-state index contributed by atoms with van der Waals surface area (Å²) in [6.45, 7) is 2.68. The number of benzene rings is 2. The Balaban J connectivity index is 2.03. The number of carbonyl (C=O) groups excluding carboxylic acids is 1. The number of rotatable bonds is 6. The lowest BCUT2D eigenvalue weighted by Crippen LogP contribution is -2.23. The number of hydrogen-bond acceptors (Lipinski definition) is 4. The number of methoxy groups -OCH3 is 2. The molecule has 0 unspecified atom stereocenters. The first-order valence-electron chi connectivity index (χ1n) is 8.15. The molecule has 130 valence electrons. The molecule has 0 aliphatic rings. The highest BCUT2D eigenvalue weighted by Crippen LogP contribution is 2.30. The first-order chi connectivity index (χ1) is 12.2. The van der Waals surface area contributed by atoms with Gasteiger partial charge in [-0.1, -0.05) is 6.92 Å². The Morgan fingerprint density at radius 3 is 2.72 bits per heavy atom. The molecule has 2 aromatic carbocycles. The number of fused-ring (bicyclic) bond motifs is 1. The van der Waals surface area contributed by atoms with Crippen molar-refractivity contribution in [2.24, 2.45) is 0 Å². The van der Waals surface area contributed by atoms with E-state index in [1.807, 2.05) is 35.8 Å². The monoisotopic (exact) mass is 339 g/mol. The lowest BCUT2D eigenvalue weighted by Gasteiger charge is -2.12. The molecule has 0 radical (unpaired) electrons. The molecule has 3 rings (SSSR count). The number of hydrogen-bond donors (Lipinski definition) is 1. The van der Waals surface area contributed by atoms with E-state index in [-0.39, 0.29) is 5.91 Å².